The number of carbonyl (C=O) groups is 3. The Hall–Kier alpha value is -3.96. The van der Waals surface area contributed by atoms with Crippen LogP contribution in [-0.2, 0) is 20.8 Å². The van der Waals surface area contributed by atoms with Gasteiger partial charge in [-0.2, -0.15) is 0 Å². The Labute approximate surface area is 261 Å². The van der Waals surface area contributed by atoms with Crippen molar-refractivity contribution in [2.45, 2.75) is 94.8 Å². The average molecular weight is 607 g/mol. The summed E-state index contributed by atoms with van der Waals surface area (Å²) in [6.07, 6.45) is 6.89. The first kappa shape index (κ1) is 34.5. The molecule has 0 aromatic heterocycles. The van der Waals surface area contributed by atoms with Gasteiger partial charge in [0.1, 0.15) is 12.1 Å². The molecule has 0 unspecified atom stereocenters. The number of nitrogens with zero attached hydrogens (tertiary/aromatic N) is 1. The monoisotopic (exact) mass is 606 g/mol. The number of hydrogen-bond donors (Lipinski definition) is 7. The van der Waals surface area contributed by atoms with Crippen molar-refractivity contribution in [3.63, 3.8) is 0 Å². The molecule has 1 fully saturated rings. The molecule has 0 saturated heterocycles. The van der Waals surface area contributed by atoms with Crippen LogP contribution in [0.25, 0.3) is 11.1 Å². The third-order valence-corrected chi connectivity index (χ3v) is 7.98. The molecular formula is C33H50N8O3. The van der Waals surface area contributed by atoms with Crippen LogP contribution in [0.15, 0.2) is 59.6 Å². The molecule has 0 bridgehead atoms. The van der Waals surface area contributed by atoms with Gasteiger partial charge in [-0.25, -0.2) is 0 Å². The Bertz CT molecular complexity index is 1190. The molecule has 44 heavy (non-hydrogen) atoms. The Morgan fingerprint density at radius 1 is 0.727 bits per heavy atom. The predicted octanol–water partition coefficient (Wildman–Crippen LogP) is 1.82. The lowest BCUT2D eigenvalue weighted by atomic mass is 9.91. The van der Waals surface area contributed by atoms with E-state index in [-0.39, 0.29) is 42.2 Å². The minimum atomic E-state index is -0.780. The molecule has 1 aliphatic rings. The van der Waals surface area contributed by atoms with E-state index in [4.69, 9.17) is 22.9 Å². The molecule has 1 saturated carbocycles. The number of rotatable bonds is 17. The van der Waals surface area contributed by atoms with Crippen molar-refractivity contribution in [1.82, 2.24) is 16.0 Å². The fraction of sp³-hybridized carbons (Fsp3) is 0.515. The fourth-order valence-electron chi connectivity index (χ4n) is 5.53. The van der Waals surface area contributed by atoms with E-state index in [9.17, 15) is 14.4 Å². The molecule has 11 heteroatoms. The molecule has 3 amide bonds. The highest BCUT2D eigenvalue weighted by Crippen LogP contribution is 2.22. The van der Waals surface area contributed by atoms with E-state index < -0.39 is 12.1 Å². The lowest BCUT2D eigenvalue weighted by Crippen LogP contribution is -2.55. The molecule has 2 aromatic rings. The van der Waals surface area contributed by atoms with E-state index in [0.717, 1.165) is 55.2 Å². The third kappa shape index (κ3) is 12.0. The third-order valence-electron chi connectivity index (χ3n) is 7.98. The Balaban J connectivity index is 1.61. The van der Waals surface area contributed by atoms with Gasteiger partial charge in [0.15, 0.2) is 5.96 Å². The van der Waals surface area contributed by atoms with E-state index in [0.29, 0.717) is 38.8 Å². The summed E-state index contributed by atoms with van der Waals surface area (Å²) in [5, 5.41) is 8.94. The van der Waals surface area contributed by atoms with Gasteiger partial charge >= 0.3 is 0 Å². The molecule has 2 atom stereocenters. The van der Waals surface area contributed by atoms with Crippen LogP contribution in [0, 0.1) is 0 Å². The lowest BCUT2D eigenvalue weighted by molar-refractivity contribution is -0.132. The molecule has 2 aromatic carbocycles. The van der Waals surface area contributed by atoms with Gasteiger partial charge in [0.05, 0.1) is 12.5 Å². The maximum absolute atomic E-state index is 13.5. The molecule has 0 heterocycles. The molecular weight excluding hydrogens is 556 g/mol. The van der Waals surface area contributed by atoms with Crippen LogP contribution in [0.1, 0.15) is 69.8 Å². The minimum absolute atomic E-state index is 0.0183. The Kier molecular flexibility index (Phi) is 14.6. The van der Waals surface area contributed by atoms with Crippen LogP contribution in [0.3, 0.4) is 0 Å². The topological polar surface area (TPSA) is 204 Å². The zero-order valence-corrected chi connectivity index (χ0v) is 25.7. The normalized spacial score (nSPS) is 17.6. The van der Waals surface area contributed by atoms with Gasteiger partial charge in [-0.05, 0) is 94.0 Å². The number of hydrogen-bond acceptors (Lipinski definition) is 6. The van der Waals surface area contributed by atoms with Crippen LogP contribution in [0.5, 0.6) is 0 Å². The van der Waals surface area contributed by atoms with Gasteiger partial charge in [0.2, 0.25) is 17.7 Å². The molecule has 3 rings (SSSR count). The number of nitrogens with two attached hydrogens (primary N) is 4. The van der Waals surface area contributed by atoms with E-state index in [1.54, 1.807) is 0 Å². The number of carbonyl (C=O) groups excluding carboxylic acids is 3. The summed E-state index contributed by atoms with van der Waals surface area (Å²) in [4.78, 5) is 44.2. The molecule has 0 aliphatic heterocycles. The molecule has 11 N–H and O–H groups in total. The SMILES string of the molecule is NCCCC[C@H](NC(=O)Cc1ccc(-c2ccccc2)cc1)C(=O)N[C@@H](CCCCN)C(=O)NC1CCC(N=C(N)N)CC1. The van der Waals surface area contributed by atoms with Gasteiger partial charge in [-0.15, -0.1) is 0 Å². The second kappa shape index (κ2) is 18.6. The van der Waals surface area contributed by atoms with E-state index in [1.807, 2.05) is 54.6 Å². The maximum Gasteiger partial charge on any atom is 0.243 e. The van der Waals surface area contributed by atoms with Gasteiger partial charge in [0, 0.05) is 6.04 Å². The summed E-state index contributed by atoms with van der Waals surface area (Å²) < 4.78 is 0. The van der Waals surface area contributed by atoms with Gasteiger partial charge in [0.25, 0.3) is 0 Å². The molecule has 1 aliphatic carbocycles. The smallest absolute Gasteiger partial charge is 0.243 e. The number of aliphatic imine (C=N–C) groups is 1. The second-order valence-electron chi connectivity index (χ2n) is 11.6. The van der Waals surface area contributed by atoms with E-state index in [1.165, 1.54) is 0 Å². The van der Waals surface area contributed by atoms with Crippen LogP contribution < -0.4 is 38.9 Å². The summed E-state index contributed by atoms with van der Waals surface area (Å²) in [5.74, 6) is -0.786. The van der Waals surface area contributed by atoms with E-state index >= 15 is 0 Å². The second-order valence-corrected chi connectivity index (χ2v) is 11.6. The molecule has 11 nitrogen and oxygen atoms in total. The number of amides is 3. The summed E-state index contributed by atoms with van der Waals surface area (Å²) in [6, 6.07) is 16.4. The van der Waals surface area contributed by atoms with Gasteiger partial charge < -0.3 is 38.9 Å². The Morgan fingerprint density at radius 2 is 1.30 bits per heavy atom. The maximum atomic E-state index is 13.5. The molecule has 240 valence electrons. The molecule has 0 spiro atoms. The van der Waals surface area contributed by atoms with Gasteiger partial charge in [-0.3, -0.25) is 19.4 Å². The zero-order valence-electron chi connectivity index (χ0n) is 25.7. The van der Waals surface area contributed by atoms with Crippen molar-refractivity contribution in [3.8, 4) is 11.1 Å². The van der Waals surface area contributed by atoms with Crippen LogP contribution in [0.4, 0.5) is 0 Å². The number of nitrogens with one attached hydrogen (secondary N) is 3. The van der Waals surface area contributed by atoms with Crippen molar-refractivity contribution in [2.24, 2.45) is 27.9 Å². The summed E-state index contributed by atoms with van der Waals surface area (Å²) >= 11 is 0. The zero-order chi connectivity index (χ0) is 31.7. The highest BCUT2D eigenvalue weighted by Gasteiger charge is 2.29. The van der Waals surface area contributed by atoms with Crippen LogP contribution >= 0.6 is 0 Å². The van der Waals surface area contributed by atoms with Crippen molar-refractivity contribution in [2.75, 3.05) is 13.1 Å². The van der Waals surface area contributed by atoms with Crippen molar-refractivity contribution in [3.05, 3.63) is 60.2 Å². The fourth-order valence-corrected chi connectivity index (χ4v) is 5.53. The Morgan fingerprint density at radius 3 is 1.86 bits per heavy atom. The minimum Gasteiger partial charge on any atom is -0.370 e. The van der Waals surface area contributed by atoms with Gasteiger partial charge in [-0.1, -0.05) is 54.6 Å². The first-order chi connectivity index (χ1) is 21.3. The number of guanidine groups is 1. The predicted molar refractivity (Wildman–Crippen MR) is 175 cm³/mol. The lowest BCUT2D eigenvalue weighted by Gasteiger charge is -2.29. The summed E-state index contributed by atoms with van der Waals surface area (Å²) in [5.41, 5.74) is 25.4. The van der Waals surface area contributed by atoms with Crippen LogP contribution in [0.2, 0.25) is 0 Å². The van der Waals surface area contributed by atoms with Crippen LogP contribution in [-0.4, -0.2) is 60.9 Å². The first-order valence-electron chi connectivity index (χ1n) is 15.8. The number of benzene rings is 2. The standard InChI is InChI=1S/C33H50N8O3/c34-20-6-4-10-28(40-30(42)22-23-12-14-25(15-13-23)24-8-2-1-3-9-24)32(44)41-29(11-5-7-21-35)31(43)38-26-16-18-27(19-17-26)39-33(36)37/h1-3,8-9,12-15,26-29H,4-7,10-11,16-22,34-35H2,(H,38,43)(H,40,42)(H,41,44)(H4,36,37,39)/t26?,27?,28-,29-/m0/s1. The van der Waals surface area contributed by atoms with Crippen molar-refractivity contribution < 1.29 is 14.4 Å². The highest BCUT2D eigenvalue weighted by molar-refractivity contribution is 5.92. The first-order valence-corrected chi connectivity index (χ1v) is 15.8. The van der Waals surface area contributed by atoms with Crippen molar-refractivity contribution >= 4 is 23.7 Å². The quantitative estimate of drug-likeness (QED) is 0.0807. The average Bonchev–Trinajstić information content (AvgIpc) is 3.01. The van der Waals surface area contributed by atoms with Crippen molar-refractivity contribution in [1.29, 1.82) is 0 Å². The number of unbranched alkanes of at least 4 members (excludes halogenated alkanes) is 2. The largest absolute Gasteiger partial charge is 0.370 e. The highest BCUT2D eigenvalue weighted by atomic mass is 16.2. The summed E-state index contributed by atoms with van der Waals surface area (Å²) in [7, 11) is 0. The van der Waals surface area contributed by atoms with E-state index in [2.05, 4.69) is 20.9 Å². The summed E-state index contributed by atoms with van der Waals surface area (Å²) in [6.45, 7) is 0.993. The molecule has 0 radical (unpaired) electrons.